The number of nitrogens with zero attached hydrogens (tertiary/aromatic N) is 6. The molecule has 10 heteroatoms. The molecule has 3 atom stereocenters. The molecular weight excluding hydrogens is 487 g/mol. The van der Waals surface area contributed by atoms with E-state index in [9.17, 15) is 9.59 Å². The van der Waals surface area contributed by atoms with Crippen LogP contribution < -0.4 is 0 Å². The summed E-state index contributed by atoms with van der Waals surface area (Å²) in [5, 5.41) is 5.54. The van der Waals surface area contributed by atoms with E-state index in [1.54, 1.807) is 35.5 Å². The normalized spacial score (nSPS) is 20.5. The monoisotopic (exact) mass is 512 g/mol. The molecule has 2 aromatic heterocycles. The first-order valence-electron chi connectivity index (χ1n) is 11.6. The number of benzene rings is 1. The second kappa shape index (κ2) is 8.91. The van der Waals surface area contributed by atoms with Crippen LogP contribution in [0.5, 0.6) is 0 Å². The van der Waals surface area contributed by atoms with Gasteiger partial charge in [0.25, 0.3) is 11.8 Å². The van der Waals surface area contributed by atoms with Gasteiger partial charge in [-0.05, 0) is 45.9 Å². The predicted octanol–water partition coefficient (Wildman–Crippen LogP) is 4.65. The molecular formula is C25H26Cl2N6O2. The number of carbonyl (C=O) groups is 2. The smallest absolute Gasteiger partial charge is 0.273 e. The maximum absolute atomic E-state index is 13.8. The van der Waals surface area contributed by atoms with Crippen LogP contribution in [0, 0.1) is 6.92 Å². The first kappa shape index (κ1) is 23.8. The van der Waals surface area contributed by atoms with Crippen LogP contribution in [-0.4, -0.2) is 53.9 Å². The summed E-state index contributed by atoms with van der Waals surface area (Å²) in [4.78, 5) is 39.4. The molecule has 2 aliphatic rings. The largest absolute Gasteiger partial charge is 0.331 e. The van der Waals surface area contributed by atoms with Crippen molar-refractivity contribution in [3.63, 3.8) is 0 Å². The van der Waals surface area contributed by atoms with Gasteiger partial charge in [-0.15, -0.1) is 0 Å². The molecule has 0 radical (unpaired) electrons. The van der Waals surface area contributed by atoms with Gasteiger partial charge in [0.2, 0.25) is 0 Å². The van der Waals surface area contributed by atoms with Crippen LogP contribution >= 0.6 is 23.2 Å². The molecule has 4 heterocycles. The Labute approximate surface area is 213 Å². The standard InChI is InChI=1S/C25H26Cl2N6O2/c1-13-7-22-19(12-31(13)24(34)17-5-6-20(26)21(27)8-17)23-25(35)32(11-14(2)33(23)30-22)15(3)18-9-28-16(4)29-10-18/h5-6,8-10,13-15H,7,11-12H2,1-4H3/t13-,14-,15?/m1/s1. The van der Waals surface area contributed by atoms with Gasteiger partial charge < -0.3 is 9.80 Å². The van der Waals surface area contributed by atoms with E-state index in [4.69, 9.17) is 28.3 Å². The Kier molecular flexibility index (Phi) is 6.05. The molecule has 35 heavy (non-hydrogen) atoms. The van der Waals surface area contributed by atoms with Gasteiger partial charge in [0.1, 0.15) is 11.5 Å². The van der Waals surface area contributed by atoms with Crippen LogP contribution in [0.15, 0.2) is 30.6 Å². The molecule has 2 amide bonds. The molecule has 3 aromatic rings. The first-order chi connectivity index (χ1) is 16.7. The van der Waals surface area contributed by atoms with Gasteiger partial charge in [-0.3, -0.25) is 14.3 Å². The van der Waals surface area contributed by atoms with Crippen molar-refractivity contribution in [3.05, 3.63) is 74.5 Å². The number of amides is 2. The van der Waals surface area contributed by atoms with Crippen molar-refractivity contribution in [1.82, 2.24) is 29.5 Å². The third-order valence-corrected chi connectivity index (χ3v) is 7.70. The summed E-state index contributed by atoms with van der Waals surface area (Å²) in [6.45, 7) is 8.70. The Bertz CT molecular complexity index is 1320. The van der Waals surface area contributed by atoms with Crippen molar-refractivity contribution in [2.75, 3.05) is 6.54 Å². The molecule has 182 valence electrons. The van der Waals surface area contributed by atoms with Gasteiger partial charge >= 0.3 is 0 Å². The number of hydrogen-bond acceptors (Lipinski definition) is 5. The minimum atomic E-state index is -0.193. The summed E-state index contributed by atoms with van der Waals surface area (Å²) in [6, 6.07) is 4.61. The van der Waals surface area contributed by atoms with Gasteiger partial charge in [0.05, 0.1) is 34.4 Å². The van der Waals surface area contributed by atoms with E-state index in [-0.39, 0.29) is 29.9 Å². The van der Waals surface area contributed by atoms with Crippen LogP contribution in [0.3, 0.4) is 0 Å². The number of aromatic nitrogens is 4. The van der Waals surface area contributed by atoms with E-state index in [2.05, 4.69) is 16.9 Å². The summed E-state index contributed by atoms with van der Waals surface area (Å²) in [5.41, 5.74) is 3.58. The number of halogens is 2. The molecule has 1 aromatic carbocycles. The van der Waals surface area contributed by atoms with Crippen LogP contribution in [0.1, 0.15) is 76.3 Å². The highest BCUT2D eigenvalue weighted by atomic mass is 35.5. The lowest BCUT2D eigenvalue weighted by atomic mass is 9.97. The molecule has 0 saturated carbocycles. The van der Waals surface area contributed by atoms with Gasteiger partial charge in [-0.1, -0.05) is 23.2 Å². The van der Waals surface area contributed by atoms with Crippen LogP contribution in [0.2, 0.25) is 10.0 Å². The number of rotatable bonds is 3. The molecule has 0 spiro atoms. The van der Waals surface area contributed by atoms with Gasteiger partial charge in [0, 0.05) is 48.1 Å². The minimum Gasteiger partial charge on any atom is -0.331 e. The zero-order chi connectivity index (χ0) is 25.0. The molecule has 0 bridgehead atoms. The lowest BCUT2D eigenvalue weighted by Crippen LogP contribution is -2.45. The number of carbonyl (C=O) groups excluding carboxylic acids is 2. The van der Waals surface area contributed by atoms with E-state index >= 15 is 0 Å². The molecule has 2 aliphatic heterocycles. The highest BCUT2D eigenvalue weighted by molar-refractivity contribution is 6.42. The first-order valence-corrected chi connectivity index (χ1v) is 12.4. The van der Waals surface area contributed by atoms with Gasteiger partial charge in [-0.2, -0.15) is 5.10 Å². The van der Waals surface area contributed by atoms with E-state index in [1.165, 1.54) is 0 Å². The Morgan fingerprint density at radius 1 is 1.11 bits per heavy atom. The Hall–Kier alpha value is -2.97. The molecule has 5 rings (SSSR count). The summed E-state index contributed by atoms with van der Waals surface area (Å²) in [7, 11) is 0. The zero-order valence-electron chi connectivity index (χ0n) is 20.0. The second-order valence-electron chi connectivity index (χ2n) is 9.38. The SMILES string of the molecule is Cc1ncc(C(C)N2C[C@@H](C)n3nc4c(c3C2=O)CN(C(=O)c2ccc(Cl)c(Cl)c2)[C@H](C)C4)cn1. The lowest BCUT2D eigenvalue weighted by Gasteiger charge is -2.37. The molecule has 1 unspecified atom stereocenters. The Morgan fingerprint density at radius 2 is 1.83 bits per heavy atom. The van der Waals surface area contributed by atoms with E-state index in [1.807, 2.05) is 30.4 Å². The van der Waals surface area contributed by atoms with Crippen LogP contribution in [0.25, 0.3) is 0 Å². The van der Waals surface area contributed by atoms with Gasteiger partial charge in [0.15, 0.2) is 0 Å². The van der Waals surface area contributed by atoms with E-state index < -0.39 is 0 Å². The van der Waals surface area contributed by atoms with Crippen LogP contribution in [-0.2, 0) is 13.0 Å². The minimum absolute atomic E-state index is 0.00311. The Balaban J connectivity index is 1.48. The van der Waals surface area contributed by atoms with Crippen molar-refractivity contribution in [2.24, 2.45) is 0 Å². The fourth-order valence-electron chi connectivity index (χ4n) is 4.89. The fourth-order valence-corrected chi connectivity index (χ4v) is 5.19. The van der Waals surface area contributed by atoms with Crippen LogP contribution in [0.4, 0.5) is 0 Å². The number of hydrogen-bond donors (Lipinski definition) is 0. The molecule has 0 fully saturated rings. The van der Waals surface area contributed by atoms with Gasteiger partial charge in [-0.25, -0.2) is 9.97 Å². The molecule has 8 nitrogen and oxygen atoms in total. The summed E-state index contributed by atoms with van der Waals surface area (Å²) in [6.07, 6.45) is 4.11. The summed E-state index contributed by atoms with van der Waals surface area (Å²) in [5.74, 6) is 0.439. The third kappa shape index (κ3) is 4.08. The lowest BCUT2D eigenvalue weighted by molar-refractivity contribution is 0.0573. The average molecular weight is 513 g/mol. The highest BCUT2D eigenvalue weighted by Gasteiger charge is 2.40. The molecule has 0 N–H and O–H groups in total. The fraction of sp³-hybridized carbons (Fsp3) is 0.400. The van der Waals surface area contributed by atoms with E-state index in [0.717, 1.165) is 16.8 Å². The average Bonchev–Trinajstić information content (AvgIpc) is 3.21. The number of aryl methyl sites for hydroxylation is 1. The topological polar surface area (TPSA) is 84.2 Å². The molecule has 0 aliphatic carbocycles. The Morgan fingerprint density at radius 3 is 2.51 bits per heavy atom. The summed E-state index contributed by atoms with van der Waals surface area (Å²) >= 11 is 12.2. The van der Waals surface area contributed by atoms with Crippen molar-refractivity contribution < 1.29 is 9.59 Å². The maximum Gasteiger partial charge on any atom is 0.273 e. The van der Waals surface area contributed by atoms with Crippen molar-refractivity contribution in [2.45, 2.75) is 58.8 Å². The summed E-state index contributed by atoms with van der Waals surface area (Å²) < 4.78 is 1.84. The third-order valence-electron chi connectivity index (χ3n) is 6.96. The van der Waals surface area contributed by atoms with Crippen molar-refractivity contribution in [1.29, 1.82) is 0 Å². The predicted molar refractivity (Wildman–Crippen MR) is 133 cm³/mol. The second-order valence-corrected chi connectivity index (χ2v) is 10.2. The van der Waals surface area contributed by atoms with E-state index in [0.29, 0.717) is 46.6 Å². The maximum atomic E-state index is 13.8. The molecule has 0 saturated heterocycles. The van der Waals surface area contributed by atoms with Crippen molar-refractivity contribution >= 4 is 35.0 Å². The highest BCUT2D eigenvalue weighted by Crippen LogP contribution is 2.35. The zero-order valence-corrected chi connectivity index (χ0v) is 21.5. The quantitative estimate of drug-likeness (QED) is 0.509. The van der Waals surface area contributed by atoms with Crippen molar-refractivity contribution in [3.8, 4) is 0 Å². The number of fused-ring (bicyclic) bond motifs is 3.